The maximum Gasteiger partial charge on any atom is 0.0912 e. The second-order valence-corrected chi connectivity index (χ2v) is 4.50. The van der Waals surface area contributed by atoms with Crippen LogP contribution in [0.2, 0.25) is 0 Å². The first-order valence-corrected chi connectivity index (χ1v) is 6.42. The Balaban J connectivity index is 2.37. The van der Waals surface area contributed by atoms with Crippen LogP contribution in [0.25, 0.3) is 27.9 Å². The molecule has 0 fully saturated rings. The molecule has 2 nitrogen and oxygen atoms in total. The van der Waals surface area contributed by atoms with Gasteiger partial charge in [0.2, 0.25) is 0 Å². The number of hydrogen-bond acceptors (Lipinski definition) is 1. The standard InChI is InChI=1S/C17H14N2/c1-2-19-16-8-4-3-7-14(16)15-12-13(6-5-11-18)9-10-17(15)19/h3-10,12H,2H2,1H3. The van der Waals surface area contributed by atoms with Crippen molar-refractivity contribution in [3.05, 3.63) is 54.1 Å². The van der Waals surface area contributed by atoms with E-state index in [0.717, 1.165) is 12.1 Å². The van der Waals surface area contributed by atoms with E-state index in [1.165, 1.54) is 27.9 Å². The molecule has 92 valence electrons. The van der Waals surface area contributed by atoms with Crippen molar-refractivity contribution in [1.29, 1.82) is 5.26 Å². The predicted octanol–water partition coefficient (Wildman–Crippen LogP) is 4.35. The number of benzene rings is 2. The molecule has 0 atom stereocenters. The van der Waals surface area contributed by atoms with Crippen LogP contribution in [0.3, 0.4) is 0 Å². The van der Waals surface area contributed by atoms with Crippen molar-refractivity contribution in [3.63, 3.8) is 0 Å². The van der Waals surface area contributed by atoms with E-state index in [9.17, 15) is 0 Å². The van der Waals surface area contributed by atoms with E-state index in [4.69, 9.17) is 5.26 Å². The van der Waals surface area contributed by atoms with Gasteiger partial charge in [0.25, 0.3) is 0 Å². The van der Waals surface area contributed by atoms with Crippen LogP contribution in [0.5, 0.6) is 0 Å². The lowest BCUT2D eigenvalue weighted by molar-refractivity contribution is 0.827. The highest BCUT2D eigenvalue weighted by Gasteiger charge is 2.08. The largest absolute Gasteiger partial charge is 0.341 e. The number of aromatic nitrogens is 1. The van der Waals surface area contributed by atoms with Crippen molar-refractivity contribution in [2.45, 2.75) is 13.5 Å². The van der Waals surface area contributed by atoms with Crippen LogP contribution in [0.4, 0.5) is 0 Å². The highest BCUT2D eigenvalue weighted by Crippen LogP contribution is 2.29. The molecule has 0 aliphatic heterocycles. The van der Waals surface area contributed by atoms with Crippen LogP contribution < -0.4 is 0 Å². The van der Waals surface area contributed by atoms with Gasteiger partial charge in [0.05, 0.1) is 6.07 Å². The summed E-state index contributed by atoms with van der Waals surface area (Å²) < 4.78 is 2.32. The summed E-state index contributed by atoms with van der Waals surface area (Å²) in [5, 5.41) is 11.1. The SMILES string of the molecule is CCn1c2ccccc2c2cc(C=CC#N)ccc21. The third-order valence-corrected chi connectivity index (χ3v) is 3.46. The molecule has 0 amide bonds. The average molecular weight is 246 g/mol. The van der Waals surface area contributed by atoms with Gasteiger partial charge in [0, 0.05) is 34.4 Å². The number of fused-ring (bicyclic) bond motifs is 3. The monoisotopic (exact) mass is 246 g/mol. The van der Waals surface area contributed by atoms with Gasteiger partial charge in [-0.05, 0) is 36.8 Å². The Morgan fingerprint density at radius 1 is 1.11 bits per heavy atom. The van der Waals surface area contributed by atoms with E-state index in [2.05, 4.69) is 54.0 Å². The summed E-state index contributed by atoms with van der Waals surface area (Å²) in [5.41, 5.74) is 3.58. The minimum absolute atomic E-state index is 0.956. The average Bonchev–Trinajstić information content (AvgIpc) is 2.78. The van der Waals surface area contributed by atoms with E-state index in [1.54, 1.807) is 0 Å². The molecule has 0 saturated heterocycles. The number of aryl methyl sites for hydroxylation is 1. The van der Waals surface area contributed by atoms with Gasteiger partial charge < -0.3 is 4.57 Å². The zero-order valence-electron chi connectivity index (χ0n) is 10.8. The molecule has 0 bridgehead atoms. The number of allylic oxidation sites excluding steroid dienone is 1. The molecule has 1 aromatic heterocycles. The van der Waals surface area contributed by atoms with Crippen molar-refractivity contribution < 1.29 is 0 Å². The molecule has 0 radical (unpaired) electrons. The summed E-state index contributed by atoms with van der Waals surface area (Å²) in [6.07, 6.45) is 3.36. The highest BCUT2D eigenvalue weighted by molar-refractivity contribution is 6.08. The Kier molecular flexibility index (Phi) is 2.81. The molecule has 0 aliphatic rings. The molecular formula is C17H14N2. The molecular weight excluding hydrogens is 232 g/mol. The lowest BCUT2D eigenvalue weighted by Crippen LogP contribution is -1.92. The molecule has 19 heavy (non-hydrogen) atoms. The zero-order chi connectivity index (χ0) is 13.2. The molecule has 3 aromatic rings. The Morgan fingerprint density at radius 2 is 1.89 bits per heavy atom. The van der Waals surface area contributed by atoms with Crippen LogP contribution in [-0.4, -0.2) is 4.57 Å². The maximum absolute atomic E-state index is 8.61. The third kappa shape index (κ3) is 1.80. The van der Waals surface area contributed by atoms with Gasteiger partial charge in [0.15, 0.2) is 0 Å². The van der Waals surface area contributed by atoms with Crippen molar-refractivity contribution in [3.8, 4) is 6.07 Å². The topological polar surface area (TPSA) is 28.7 Å². The summed E-state index contributed by atoms with van der Waals surface area (Å²) in [6.45, 7) is 3.12. The van der Waals surface area contributed by atoms with E-state index in [1.807, 2.05) is 12.1 Å². The molecule has 0 unspecified atom stereocenters. The Bertz CT molecular complexity index is 816. The summed E-state index contributed by atoms with van der Waals surface area (Å²) in [4.78, 5) is 0. The van der Waals surface area contributed by atoms with Gasteiger partial charge in [-0.15, -0.1) is 0 Å². The molecule has 2 heteroatoms. The smallest absolute Gasteiger partial charge is 0.0912 e. The van der Waals surface area contributed by atoms with Gasteiger partial charge in [-0.25, -0.2) is 0 Å². The normalized spacial score (nSPS) is 11.4. The third-order valence-electron chi connectivity index (χ3n) is 3.46. The summed E-state index contributed by atoms with van der Waals surface area (Å²) in [6, 6.07) is 16.8. The van der Waals surface area contributed by atoms with Crippen LogP contribution in [0.1, 0.15) is 12.5 Å². The minimum atomic E-state index is 0.956. The number of para-hydroxylation sites is 1. The van der Waals surface area contributed by atoms with E-state index < -0.39 is 0 Å². The van der Waals surface area contributed by atoms with E-state index >= 15 is 0 Å². The second kappa shape index (κ2) is 4.62. The summed E-state index contributed by atoms with van der Waals surface area (Å²) in [7, 11) is 0. The van der Waals surface area contributed by atoms with Gasteiger partial charge in [-0.3, -0.25) is 0 Å². The van der Waals surface area contributed by atoms with Crippen LogP contribution >= 0.6 is 0 Å². The fourth-order valence-electron chi connectivity index (χ4n) is 2.65. The molecule has 1 heterocycles. The van der Waals surface area contributed by atoms with Gasteiger partial charge >= 0.3 is 0 Å². The number of nitrogens with zero attached hydrogens (tertiary/aromatic N) is 2. The lowest BCUT2D eigenvalue weighted by Gasteiger charge is -2.02. The quantitative estimate of drug-likeness (QED) is 0.618. The highest BCUT2D eigenvalue weighted by atomic mass is 15.0. The van der Waals surface area contributed by atoms with Gasteiger partial charge in [-0.2, -0.15) is 5.26 Å². The lowest BCUT2D eigenvalue weighted by atomic mass is 10.1. The van der Waals surface area contributed by atoms with Crippen LogP contribution in [0, 0.1) is 11.3 Å². The summed E-state index contributed by atoms with van der Waals surface area (Å²) >= 11 is 0. The first kappa shape index (κ1) is 11.6. The molecule has 0 saturated carbocycles. The maximum atomic E-state index is 8.61. The van der Waals surface area contributed by atoms with Crippen molar-refractivity contribution in [2.75, 3.05) is 0 Å². The number of nitriles is 1. The molecule has 2 aromatic carbocycles. The Labute approximate surface area is 112 Å². The summed E-state index contributed by atoms with van der Waals surface area (Å²) in [5.74, 6) is 0. The number of rotatable bonds is 2. The van der Waals surface area contributed by atoms with E-state index in [0.29, 0.717) is 0 Å². The van der Waals surface area contributed by atoms with Crippen LogP contribution in [0.15, 0.2) is 48.5 Å². The molecule has 0 N–H and O–H groups in total. The van der Waals surface area contributed by atoms with Crippen molar-refractivity contribution in [2.24, 2.45) is 0 Å². The first-order valence-electron chi connectivity index (χ1n) is 6.42. The Morgan fingerprint density at radius 3 is 2.68 bits per heavy atom. The fraction of sp³-hybridized carbons (Fsp3) is 0.118. The second-order valence-electron chi connectivity index (χ2n) is 4.50. The van der Waals surface area contributed by atoms with Crippen LogP contribution in [-0.2, 0) is 6.54 Å². The van der Waals surface area contributed by atoms with Crippen molar-refractivity contribution >= 4 is 27.9 Å². The predicted molar refractivity (Wildman–Crippen MR) is 79.8 cm³/mol. The van der Waals surface area contributed by atoms with Crippen molar-refractivity contribution in [1.82, 2.24) is 4.57 Å². The fourth-order valence-corrected chi connectivity index (χ4v) is 2.65. The van der Waals surface area contributed by atoms with Gasteiger partial charge in [-0.1, -0.05) is 24.3 Å². The van der Waals surface area contributed by atoms with Gasteiger partial charge in [0.1, 0.15) is 0 Å². The van der Waals surface area contributed by atoms with E-state index in [-0.39, 0.29) is 0 Å². The zero-order valence-corrected chi connectivity index (χ0v) is 10.8. The minimum Gasteiger partial charge on any atom is -0.341 e. The first-order chi connectivity index (χ1) is 9.35. The Hall–Kier alpha value is -2.53. The molecule has 0 aliphatic carbocycles. The number of hydrogen-bond donors (Lipinski definition) is 0. The molecule has 3 rings (SSSR count). The molecule has 0 spiro atoms.